The Morgan fingerprint density at radius 3 is 2.42 bits per heavy atom. The second kappa shape index (κ2) is 6.22. The van der Waals surface area contributed by atoms with Crippen molar-refractivity contribution in [1.29, 1.82) is 5.26 Å². The molecule has 0 unspecified atom stereocenters. The minimum absolute atomic E-state index is 0.0798. The number of hydrogen-bond acceptors (Lipinski definition) is 6. The normalized spacial score (nSPS) is 14.0. The van der Waals surface area contributed by atoms with E-state index in [1.54, 1.807) is 0 Å². The molecule has 1 aliphatic rings. The van der Waals surface area contributed by atoms with Crippen molar-refractivity contribution in [1.82, 2.24) is 9.80 Å². The highest BCUT2D eigenvalue weighted by molar-refractivity contribution is 6.48. The van der Waals surface area contributed by atoms with Crippen LogP contribution in [0.2, 0.25) is 0 Å². The number of imide groups is 1. The summed E-state index contributed by atoms with van der Waals surface area (Å²) in [5, 5.41) is 21.6. The van der Waals surface area contributed by atoms with E-state index >= 15 is 0 Å². The number of carbonyl (C=O) groups is 3. The lowest BCUT2D eigenvalue weighted by molar-refractivity contribution is -0.135. The second-order valence-corrected chi connectivity index (χ2v) is 5.59. The molecule has 9 heteroatoms. The van der Waals surface area contributed by atoms with Crippen LogP contribution in [0.15, 0.2) is 22.9 Å². The first-order chi connectivity index (χ1) is 11.2. The Balaban J connectivity index is 2.54. The summed E-state index contributed by atoms with van der Waals surface area (Å²) >= 11 is 5.83. The quantitative estimate of drug-likeness (QED) is 0.617. The molecule has 8 nitrogen and oxygen atoms in total. The van der Waals surface area contributed by atoms with E-state index in [0.717, 1.165) is 4.90 Å². The fourth-order valence-corrected chi connectivity index (χ4v) is 2.30. The molecular weight excluding hydrogens is 336 g/mol. The first-order valence-electron chi connectivity index (χ1n) is 6.67. The molecule has 0 saturated carbocycles. The number of rotatable bonds is 3. The molecule has 0 spiro atoms. The lowest BCUT2D eigenvalue weighted by atomic mass is 10.1. The van der Waals surface area contributed by atoms with Crippen LogP contribution in [0.3, 0.4) is 0 Å². The van der Waals surface area contributed by atoms with Crippen molar-refractivity contribution in [3.63, 3.8) is 0 Å². The molecule has 1 aromatic carbocycles. The molecule has 2 rings (SSSR count). The third-order valence-electron chi connectivity index (χ3n) is 3.37. The van der Waals surface area contributed by atoms with Crippen LogP contribution >= 0.6 is 11.6 Å². The van der Waals surface area contributed by atoms with Gasteiger partial charge in [0.25, 0.3) is 17.7 Å². The lowest BCUT2D eigenvalue weighted by Crippen LogP contribution is -2.27. The van der Waals surface area contributed by atoms with E-state index in [0.29, 0.717) is 0 Å². The SMILES string of the molecule is CN(C)C(=O)c1cc(C#N)cc(NC2=C(Cl)C(=O)N(C)C2=O)c1O. The minimum atomic E-state index is -0.690. The van der Waals surface area contributed by atoms with Crippen LogP contribution in [0.4, 0.5) is 5.69 Å². The minimum Gasteiger partial charge on any atom is -0.505 e. The molecular formula is C15H13ClN4O4. The molecule has 0 saturated heterocycles. The van der Waals surface area contributed by atoms with Crippen LogP contribution < -0.4 is 5.32 Å². The smallest absolute Gasteiger partial charge is 0.278 e. The van der Waals surface area contributed by atoms with Crippen molar-refractivity contribution in [3.05, 3.63) is 34.0 Å². The molecule has 1 aliphatic heterocycles. The number of aromatic hydroxyl groups is 1. The van der Waals surface area contributed by atoms with E-state index < -0.39 is 23.5 Å². The number of benzene rings is 1. The summed E-state index contributed by atoms with van der Waals surface area (Å²) in [4.78, 5) is 37.8. The number of phenolic OH excluding ortho intramolecular Hbond substituents is 1. The lowest BCUT2D eigenvalue weighted by Gasteiger charge is -2.15. The number of anilines is 1. The number of nitrogens with one attached hydrogen (secondary N) is 1. The number of hydrogen-bond donors (Lipinski definition) is 2. The molecule has 0 fully saturated rings. The molecule has 2 N–H and O–H groups in total. The summed E-state index contributed by atoms with van der Waals surface area (Å²) in [5.41, 5.74) is -0.354. The number of nitriles is 1. The summed E-state index contributed by atoms with van der Waals surface area (Å²) < 4.78 is 0. The highest BCUT2D eigenvalue weighted by Crippen LogP contribution is 2.33. The molecule has 124 valence electrons. The Labute approximate surface area is 142 Å². The van der Waals surface area contributed by atoms with E-state index in [2.05, 4.69) is 5.32 Å². The molecule has 24 heavy (non-hydrogen) atoms. The van der Waals surface area contributed by atoms with Crippen LogP contribution in [0.25, 0.3) is 0 Å². The topological polar surface area (TPSA) is 114 Å². The van der Waals surface area contributed by atoms with Crippen LogP contribution in [0.5, 0.6) is 5.75 Å². The van der Waals surface area contributed by atoms with Gasteiger partial charge in [-0.15, -0.1) is 0 Å². The van der Waals surface area contributed by atoms with Gasteiger partial charge in [-0.2, -0.15) is 5.26 Å². The number of halogens is 1. The van der Waals surface area contributed by atoms with Gasteiger partial charge in [0.05, 0.1) is 22.9 Å². The van der Waals surface area contributed by atoms with Crippen molar-refractivity contribution < 1.29 is 19.5 Å². The number of phenols is 1. The molecule has 1 heterocycles. The van der Waals surface area contributed by atoms with Crippen molar-refractivity contribution in [3.8, 4) is 11.8 Å². The Bertz CT molecular complexity index is 839. The molecule has 3 amide bonds. The zero-order chi connectivity index (χ0) is 18.2. The third kappa shape index (κ3) is 2.77. The summed E-state index contributed by atoms with van der Waals surface area (Å²) in [5.74, 6) is -2.37. The third-order valence-corrected chi connectivity index (χ3v) is 3.72. The monoisotopic (exact) mass is 348 g/mol. The van der Waals surface area contributed by atoms with Crippen molar-refractivity contribution in [2.45, 2.75) is 0 Å². The van der Waals surface area contributed by atoms with Crippen LogP contribution in [-0.4, -0.2) is 53.8 Å². The van der Waals surface area contributed by atoms with Gasteiger partial charge in [0.15, 0.2) is 5.75 Å². The van der Waals surface area contributed by atoms with Crippen molar-refractivity contribution in [2.75, 3.05) is 26.5 Å². The average molecular weight is 349 g/mol. The summed E-state index contributed by atoms with van der Waals surface area (Å²) in [6, 6.07) is 4.33. The molecule has 1 aromatic rings. The Kier molecular flexibility index (Phi) is 4.48. The Morgan fingerprint density at radius 2 is 1.96 bits per heavy atom. The maximum atomic E-state index is 12.1. The zero-order valence-corrected chi connectivity index (χ0v) is 13.8. The summed E-state index contributed by atoms with van der Waals surface area (Å²) in [7, 11) is 4.23. The van der Waals surface area contributed by atoms with Gasteiger partial charge in [-0.3, -0.25) is 19.3 Å². The zero-order valence-electron chi connectivity index (χ0n) is 13.0. The van der Waals surface area contributed by atoms with E-state index in [1.807, 2.05) is 6.07 Å². The predicted octanol–water partition coefficient (Wildman–Crippen LogP) is 0.827. The maximum absolute atomic E-state index is 12.1. The van der Waals surface area contributed by atoms with E-state index in [9.17, 15) is 19.5 Å². The average Bonchev–Trinajstić information content (AvgIpc) is 2.73. The van der Waals surface area contributed by atoms with E-state index in [1.165, 1.54) is 38.2 Å². The van der Waals surface area contributed by atoms with E-state index in [-0.39, 0.29) is 27.5 Å². The van der Waals surface area contributed by atoms with Crippen LogP contribution in [0.1, 0.15) is 15.9 Å². The predicted molar refractivity (Wildman–Crippen MR) is 85.1 cm³/mol. The first-order valence-corrected chi connectivity index (χ1v) is 7.04. The van der Waals surface area contributed by atoms with Gasteiger partial charge >= 0.3 is 0 Å². The molecule has 0 aliphatic carbocycles. The Morgan fingerprint density at radius 1 is 1.33 bits per heavy atom. The van der Waals surface area contributed by atoms with Gasteiger partial charge in [0, 0.05) is 21.1 Å². The van der Waals surface area contributed by atoms with Gasteiger partial charge in [-0.25, -0.2) is 0 Å². The maximum Gasteiger partial charge on any atom is 0.278 e. The number of carbonyl (C=O) groups excluding carboxylic acids is 3. The highest BCUT2D eigenvalue weighted by atomic mass is 35.5. The molecule has 0 radical (unpaired) electrons. The van der Waals surface area contributed by atoms with Crippen LogP contribution in [0, 0.1) is 11.3 Å². The number of amides is 3. The van der Waals surface area contributed by atoms with Gasteiger partial charge in [0.1, 0.15) is 10.7 Å². The van der Waals surface area contributed by atoms with Gasteiger partial charge in [0.2, 0.25) is 0 Å². The largest absolute Gasteiger partial charge is 0.505 e. The van der Waals surface area contributed by atoms with Gasteiger partial charge in [-0.05, 0) is 12.1 Å². The Hall–Kier alpha value is -3.05. The van der Waals surface area contributed by atoms with Gasteiger partial charge in [-0.1, -0.05) is 11.6 Å². The molecule has 0 bridgehead atoms. The van der Waals surface area contributed by atoms with Gasteiger partial charge < -0.3 is 15.3 Å². The van der Waals surface area contributed by atoms with E-state index in [4.69, 9.17) is 16.9 Å². The standard InChI is InChI=1S/C15H13ClN4O4/c1-19(2)13(22)8-4-7(6-17)5-9(12(8)21)18-11-10(16)14(23)20(3)15(11)24/h4-5,18,21H,1-3H3. The second-order valence-electron chi connectivity index (χ2n) is 5.21. The summed E-state index contributed by atoms with van der Waals surface area (Å²) in [6.07, 6.45) is 0. The summed E-state index contributed by atoms with van der Waals surface area (Å²) in [6.45, 7) is 0. The van der Waals surface area contributed by atoms with Crippen LogP contribution in [-0.2, 0) is 9.59 Å². The molecule has 0 aromatic heterocycles. The number of nitrogens with zero attached hydrogens (tertiary/aromatic N) is 3. The fourth-order valence-electron chi connectivity index (χ4n) is 2.05. The fraction of sp³-hybridized carbons (Fsp3) is 0.200. The van der Waals surface area contributed by atoms with Crippen molar-refractivity contribution in [2.24, 2.45) is 0 Å². The highest BCUT2D eigenvalue weighted by Gasteiger charge is 2.35. The van der Waals surface area contributed by atoms with Crippen molar-refractivity contribution >= 4 is 35.0 Å². The molecule has 0 atom stereocenters. The first kappa shape index (κ1) is 17.3. The number of likely N-dealkylation sites (N-methyl/N-ethyl adjacent to an activating group) is 1.